The van der Waals surface area contributed by atoms with E-state index in [0.29, 0.717) is 5.41 Å². The predicted molar refractivity (Wildman–Crippen MR) is 83.7 cm³/mol. The van der Waals surface area contributed by atoms with Crippen molar-refractivity contribution < 1.29 is 0 Å². The molecule has 1 fully saturated rings. The van der Waals surface area contributed by atoms with Crippen LogP contribution in [-0.2, 0) is 5.41 Å². The van der Waals surface area contributed by atoms with Gasteiger partial charge >= 0.3 is 0 Å². The molecule has 1 aliphatic rings. The molecule has 0 spiro atoms. The van der Waals surface area contributed by atoms with Gasteiger partial charge in [0.1, 0.15) is 0 Å². The van der Waals surface area contributed by atoms with E-state index >= 15 is 0 Å². The third kappa shape index (κ3) is 3.20. The van der Waals surface area contributed by atoms with Crippen LogP contribution < -0.4 is 5.32 Å². The van der Waals surface area contributed by atoms with Gasteiger partial charge in [-0.2, -0.15) is 0 Å². The van der Waals surface area contributed by atoms with E-state index in [-0.39, 0.29) is 5.54 Å². The Labute approximate surface area is 118 Å². The van der Waals surface area contributed by atoms with Crippen molar-refractivity contribution in [2.45, 2.75) is 65.3 Å². The molecule has 1 aliphatic carbocycles. The van der Waals surface area contributed by atoms with E-state index in [2.05, 4.69) is 65.1 Å². The van der Waals surface area contributed by atoms with E-state index in [1.54, 1.807) is 5.56 Å². The zero-order chi connectivity index (χ0) is 14.3. The minimum atomic E-state index is 0.201. The van der Waals surface area contributed by atoms with Gasteiger partial charge in [0, 0.05) is 17.5 Å². The van der Waals surface area contributed by atoms with Crippen molar-refractivity contribution in [3.05, 3.63) is 34.9 Å². The quantitative estimate of drug-likeness (QED) is 0.847. The zero-order valence-electron chi connectivity index (χ0n) is 13.4. The fraction of sp³-hybridized carbons (Fsp3) is 0.667. The standard InChI is InChI=1S/C18H29N/c1-7-15-11-18(15,12-19-17(4,5)6)16-9-13(2)8-14(3)10-16/h8-10,15,19H,7,11-12H2,1-6H3. The highest BCUT2D eigenvalue weighted by atomic mass is 15.0. The Morgan fingerprint density at radius 1 is 1.16 bits per heavy atom. The first kappa shape index (κ1) is 14.6. The monoisotopic (exact) mass is 259 g/mol. The van der Waals surface area contributed by atoms with Crippen LogP contribution in [0.4, 0.5) is 0 Å². The lowest BCUT2D eigenvalue weighted by atomic mass is 9.89. The summed E-state index contributed by atoms with van der Waals surface area (Å²) in [7, 11) is 0. The first-order chi connectivity index (χ1) is 8.77. The summed E-state index contributed by atoms with van der Waals surface area (Å²) in [6.45, 7) is 14.6. The largest absolute Gasteiger partial charge is 0.311 e. The van der Waals surface area contributed by atoms with Gasteiger partial charge in [0.05, 0.1) is 0 Å². The number of hydrogen-bond donors (Lipinski definition) is 1. The first-order valence-electron chi connectivity index (χ1n) is 7.60. The molecule has 1 nitrogen and oxygen atoms in total. The number of nitrogens with one attached hydrogen (secondary N) is 1. The second-order valence-corrected chi connectivity index (χ2v) is 7.45. The Balaban J connectivity index is 2.25. The summed E-state index contributed by atoms with van der Waals surface area (Å²) in [5, 5.41) is 3.73. The summed E-state index contributed by atoms with van der Waals surface area (Å²) < 4.78 is 0. The van der Waals surface area contributed by atoms with Crippen molar-refractivity contribution >= 4 is 0 Å². The molecule has 0 aliphatic heterocycles. The smallest absolute Gasteiger partial charge is 0.0109 e. The van der Waals surface area contributed by atoms with Crippen LogP contribution in [0.15, 0.2) is 18.2 Å². The zero-order valence-corrected chi connectivity index (χ0v) is 13.4. The average molecular weight is 259 g/mol. The molecule has 2 atom stereocenters. The second kappa shape index (κ2) is 4.94. The normalized spacial score (nSPS) is 26.5. The molecular formula is C18H29N. The van der Waals surface area contributed by atoms with Gasteiger partial charge in [-0.1, -0.05) is 42.7 Å². The average Bonchev–Trinajstić information content (AvgIpc) is 2.99. The topological polar surface area (TPSA) is 12.0 Å². The van der Waals surface area contributed by atoms with Crippen LogP contribution in [0.25, 0.3) is 0 Å². The van der Waals surface area contributed by atoms with Crippen molar-refractivity contribution in [1.29, 1.82) is 0 Å². The fourth-order valence-corrected chi connectivity index (χ4v) is 3.27. The van der Waals surface area contributed by atoms with E-state index in [1.165, 1.54) is 24.0 Å². The maximum atomic E-state index is 3.73. The Bertz CT molecular complexity index is 435. The van der Waals surface area contributed by atoms with Crippen LogP contribution >= 0.6 is 0 Å². The lowest BCUT2D eigenvalue weighted by molar-refractivity contribution is 0.388. The molecule has 0 heterocycles. The van der Waals surface area contributed by atoms with Gasteiger partial charge in [-0.15, -0.1) is 0 Å². The third-order valence-electron chi connectivity index (χ3n) is 4.46. The minimum absolute atomic E-state index is 0.201. The van der Waals surface area contributed by atoms with Gasteiger partial charge in [0.25, 0.3) is 0 Å². The molecule has 2 rings (SSSR count). The van der Waals surface area contributed by atoms with Gasteiger partial charge in [-0.3, -0.25) is 0 Å². The van der Waals surface area contributed by atoms with Crippen LogP contribution in [0.1, 0.15) is 57.2 Å². The van der Waals surface area contributed by atoms with E-state index in [1.807, 2.05) is 0 Å². The van der Waals surface area contributed by atoms with E-state index < -0.39 is 0 Å². The molecule has 1 heteroatoms. The first-order valence-corrected chi connectivity index (χ1v) is 7.60. The van der Waals surface area contributed by atoms with Crippen molar-refractivity contribution in [1.82, 2.24) is 5.32 Å². The highest BCUT2D eigenvalue weighted by Gasteiger charge is 2.53. The van der Waals surface area contributed by atoms with Gasteiger partial charge in [0.15, 0.2) is 0 Å². The van der Waals surface area contributed by atoms with Crippen LogP contribution in [0.5, 0.6) is 0 Å². The fourth-order valence-electron chi connectivity index (χ4n) is 3.27. The maximum absolute atomic E-state index is 3.73. The van der Waals surface area contributed by atoms with Crippen LogP contribution in [0, 0.1) is 19.8 Å². The third-order valence-corrected chi connectivity index (χ3v) is 4.46. The van der Waals surface area contributed by atoms with Crippen LogP contribution in [0.3, 0.4) is 0 Å². The summed E-state index contributed by atoms with van der Waals surface area (Å²) in [5.74, 6) is 0.851. The number of rotatable bonds is 4. The summed E-state index contributed by atoms with van der Waals surface area (Å²) in [5.41, 5.74) is 4.93. The van der Waals surface area contributed by atoms with Gasteiger partial charge in [-0.25, -0.2) is 0 Å². The molecule has 2 unspecified atom stereocenters. The molecule has 0 bridgehead atoms. The molecule has 1 saturated carbocycles. The molecule has 1 aromatic carbocycles. The van der Waals surface area contributed by atoms with E-state index in [0.717, 1.165) is 12.5 Å². The molecule has 0 radical (unpaired) electrons. The highest BCUT2D eigenvalue weighted by Crippen LogP contribution is 2.56. The lowest BCUT2D eigenvalue weighted by Crippen LogP contribution is -2.41. The molecular weight excluding hydrogens is 230 g/mol. The van der Waals surface area contributed by atoms with Crippen molar-refractivity contribution in [3.8, 4) is 0 Å². The SMILES string of the molecule is CCC1CC1(CNC(C)(C)C)c1cc(C)cc(C)c1. The lowest BCUT2D eigenvalue weighted by Gasteiger charge is -2.27. The van der Waals surface area contributed by atoms with Crippen molar-refractivity contribution in [2.75, 3.05) is 6.54 Å². The summed E-state index contributed by atoms with van der Waals surface area (Å²) in [6.07, 6.45) is 2.63. The molecule has 0 aromatic heterocycles. The Morgan fingerprint density at radius 2 is 1.74 bits per heavy atom. The number of hydrogen-bond acceptors (Lipinski definition) is 1. The van der Waals surface area contributed by atoms with Crippen LogP contribution in [-0.4, -0.2) is 12.1 Å². The molecule has 19 heavy (non-hydrogen) atoms. The van der Waals surface area contributed by atoms with Crippen LogP contribution in [0.2, 0.25) is 0 Å². The molecule has 1 N–H and O–H groups in total. The van der Waals surface area contributed by atoms with Gasteiger partial charge < -0.3 is 5.32 Å². The number of benzene rings is 1. The summed E-state index contributed by atoms with van der Waals surface area (Å²) in [6, 6.07) is 7.07. The van der Waals surface area contributed by atoms with Gasteiger partial charge in [-0.05, 0) is 52.5 Å². The number of aryl methyl sites for hydroxylation is 2. The van der Waals surface area contributed by atoms with Gasteiger partial charge in [0.2, 0.25) is 0 Å². The Hall–Kier alpha value is -0.820. The summed E-state index contributed by atoms with van der Waals surface area (Å²) in [4.78, 5) is 0. The van der Waals surface area contributed by atoms with E-state index in [4.69, 9.17) is 0 Å². The highest BCUT2D eigenvalue weighted by molar-refractivity contribution is 5.39. The van der Waals surface area contributed by atoms with Crippen molar-refractivity contribution in [2.24, 2.45) is 5.92 Å². The molecule has 0 amide bonds. The van der Waals surface area contributed by atoms with Crippen molar-refractivity contribution in [3.63, 3.8) is 0 Å². The Morgan fingerprint density at radius 3 is 2.16 bits per heavy atom. The summed E-state index contributed by atoms with van der Waals surface area (Å²) >= 11 is 0. The predicted octanol–water partition coefficient (Wildman–Crippen LogP) is 4.36. The second-order valence-electron chi connectivity index (χ2n) is 7.45. The van der Waals surface area contributed by atoms with E-state index in [9.17, 15) is 0 Å². The molecule has 1 aromatic rings. The molecule has 0 saturated heterocycles. The minimum Gasteiger partial charge on any atom is -0.311 e. The maximum Gasteiger partial charge on any atom is 0.0109 e. The molecule has 106 valence electrons. The Kier molecular flexibility index (Phi) is 3.79.